The van der Waals surface area contributed by atoms with Crippen molar-refractivity contribution in [1.82, 2.24) is 0 Å². The highest BCUT2D eigenvalue weighted by molar-refractivity contribution is 6.06. The van der Waals surface area contributed by atoms with Crippen LogP contribution in [0.25, 0.3) is 21.9 Å². The Morgan fingerprint density at radius 2 is 1.59 bits per heavy atom. The molecule has 2 bridgehead atoms. The second-order valence-corrected chi connectivity index (χ2v) is 9.52. The van der Waals surface area contributed by atoms with Crippen LogP contribution >= 0.6 is 0 Å². The summed E-state index contributed by atoms with van der Waals surface area (Å²) in [7, 11) is 0. The first-order chi connectivity index (χ1) is 13.9. The minimum atomic E-state index is 0.0196. The van der Waals surface area contributed by atoms with Gasteiger partial charge in [-0.15, -0.1) is 0 Å². The molecule has 0 radical (unpaired) electrons. The van der Waals surface area contributed by atoms with E-state index in [4.69, 9.17) is 4.42 Å². The van der Waals surface area contributed by atoms with Gasteiger partial charge in [0.05, 0.1) is 5.54 Å². The van der Waals surface area contributed by atoms with Crippen LogP contribution in [0.5, 0.6) is 0 Å². The molecular weight excluding hydrogens is 354 g/mol. The number of piperidine rings is 1. The summed E-state index contributed by atoms with van der Waals surface area (Å²) in [6, 6.07) is 22.6. The van der Waals surface area contributed by atoms with Gasteiger partial charge in [0.25, 0.3) is 0 Å². The lowest BCUT2D eigenvalue weighted by atomic mass is 9.56. The number of hydrogen-bond acceptors (Lipinski definition) is 2. The maximum absolute atomic E-state index is 6.15. The summed E-state index contributed by atoms with van der Waals surface area (Å²) in [6.07, 6.45) is 2.43. The highest BCUT2D eigenvalue weighted by Gasteiger charge is 2.56. The van der Waals surface area contributed by atoms with Crippen molar-refractivity contribution < 1.29 is 4.42 Å². The van der Waals surface area contributed by atoms with E-state index in [9.17, 15) is 0 Å². The lowest BCUT2D eigenvalue weighted by Gasteiger charge is -2.63. The molecule has 2 aliphatic heterocycles. The summed E-state index contributed by atoms with van der Waals surface area (Å²) in [6.45, 7) is 9.56. The van der Waals surface area contributed by atoms with E-state index in [2.05, 4.69) is 87.2 Å². The molecule has 29 heavy (non-hydrogen) atoms. The van der Waals surface area contributed by atoms with Crippen molar-refractivity contribution in [2.45, 2.75) is 57.5 Å². The van der Waals surface area contributed by atoms with Crippen LogP contribution in [0, 0.1) is 6.92 Å². The molecule has 1 fully saturated rings. The topological polar surface area (TPSA) is 16.4 Å². The summed E-state index contributed by atoms with van der Waals surface area (Å²) < 4.78 is 6.15. The minimum absolute atomic E-state index is 0.0196. The number of fused-ring (bicyclic) bond motifs is 5. The third-order valence-corrected chi connectivity index (χ3v) is 8.05. The molecule has 0 spiro atoms. The van der Waals surface area contributed by atoms with Gasteiger partial charge in [-0.1, -0.05) is 49.4 Å². The van der Waals surface area contributed by atoms with Gasteiger partial charge in [0, 0.05) is 27.9 Å². The third-order valence-electron chi connectivity index (χ3n) is 8.05. The summed E-state index contributed by atoms with van der Waals surface area (Å²) in [5, 5.41) is 2.42. The number of nitrogens with zero attached hydrogens (tertiary/aromatic N) is 1. The Labute approximate surface area is 172 Å². The predicted molar refractivity (Wildman–Crippen MR) is 121 cm³/mol. The Hall–Kier alpha value is -2.74. The molecular formula is C27H27NO. The number of aryl methyl sites for hydroxylation is 1. The van der Waals surface area contributed by atoms with E-state index >= 15 is 0 Å². The van der Waals surface area contributed by atoms with Crippen LogP contribution in [-0.4, -0.2) is 6.04 Å². The standard InChI is InChI=1S/C27H27NO/c1-17-15-25-20(19-9-5-8-12-24(19)29-25)16-23(17)28-18(2)26(3)13-14-27(28,4)22-11-7-6-10-21(22)26/h5-12,15-16,18H,13-14H2,1-4H3. The molecule has 146 valence electrons. The van der Waals surface area contributed by atoms with Crippen molar-refractivity contribution in [3.8, 4) is 0 Å². The molecule has 2 heteroatoms. The predicted octanol–water partition coefficient (Wildman–Crippen LogP) is 7.07. The van der Waals surface area contributed by atoms with Crippen LogP contribution in [0.15, 0.2) is 65.1 Å². The maximum atomic E-state index is 6.15. The average molecular weight is 382 g/mol. The van der Waals surface area contributed by atoms with Crippen LogP contribution in [0.4, 0.5) is 5.69 Å². The molecule has 2 nitrogen and oxygen atoms in total. The molecule has 0 N–H and O–H groups in total. The number of rotatable bonds is 1. The van der Waals surface area contributed by atoms with Crippen LogP contribution in [0.1, 0.15) is 50.3 Å². The van der Waals surface area contributed by atoms with E-state index < -0.39 is 0 Å². The Morgan fingerprint density at radius 3 is 2.41 bits per heavy atom. The van der Waals surface area contributed by atoms with Crippen molar-refractivity contribution in [3.63, 3.8) is 0 Å². The van der Waals surface area contributed by atoms with Gasteiger partial charge in [0.15, 0.2) is 0 Å². The average Bonchev–Trinajstić information content (AvgIpc) is 3.08. The molecule has 1 aliphatic carbocycles. The molecule has 7 rings (SSSR count). The fraction of sp³-hybridized carbons (Fsp3) is 0.333. The van der Waals surface area contributed by atoms with E-state index in [-0.39, 0.29) is 11.0 Å². The van der Waals surface area contributed by atoms with E-state index in [0.717, 1.165) is 11.2 Å². The van der Waals surface area contributed by atoms with Crippen molar-refractivity contribution in [2.75, 3.05) is 4.90 Å². The molecule has 4 aromatic rings. The molecule has 3 unspecified atom stereocenters. The van der Waals surface area contributed by atoms with Crippen molar-refractivity contribution in [2.24, 2.45) is 0 Å². The summed E-state index contributed by atoms with van der Waals surface area (Å²) in [5.41, 5.74) is 7.83. The zero-order chi connectivity index (χ0) is 20.0. The molecule has 1 aromatic heterocycles. The van der Waals surface area contributed by atoms with E-state index in [0.29, 0.717) is 6.04 Å². The van der Waals surface area contributed by atoms with Gasteiger partial charge in [-0.2, -0.15) is 0 Å². The highest BCUT2D eigenvalue weighted by atomic mass is 16.3. The molecule has 0 saturated carbocycles. The fourth-order valence-corrected chi connectivity index (χ4v) is 6.22. The fourth-order valence-electron chi connectivity index (χ4n) is 6.22. The highest BCUT2D eigenvalue weighted by Crippen LogP contribution is 2.58. The summed E-state index contributed by atoms with van der Waals surface area (Å²) >= 11 is 0. The number of hydrogen-bond donors (Lipinski definition) is 0. The van der Waals surface area contributed by atoms with Gasteiger partial charge in [0.1, 0.15) is 11.2 Å². The molecule has 0 amide bonds. The van der Waals surface area contributed by atoms with Gasteiger partial charge in [0.2, 0.25) is 0 Å². The van der Waals surface area contributed by atoms with Crippen LogP contribution in [0.2, 0.25) is 0 Å². The monoisotopic (exact) mass is 381 g/mol. The van der Waals surface area contributed by atoms with Crippen LogP contribution in [-0.2, 0) is 11.0 Å². The number of para-hydroxylation sites is 1. The van der Waals surface area contributed by atoms with Crippen molar-refractivity contribution >= 4 is 27.6 Å². The smallest absolute Gasteiger partial charge is 0.135 e. The Kier molecular flexibility index (Phi) is 3.22. The Morgan fingerprint density at radius 1 is 0.862 bits per heavy atom. The van der Waals surface area contributed by atoms with E-state index in [1.165, 1.54) is 40.4 Å². The summed E-state index contributed by atoms with van der Waals surface area (Å²) in [5.74, 6) is 0. The zero-order valence-electron chi connectivity index (χ0n) is 17.6. The van der Waals surface area contributed by atoms with Gasteiger partial charge in [-0.3, -0.25) is 0 Å². The molecule has 3 aliphatic rings. The third kappa shape index (κ3) is 2.02. The SMILES string of the molecule is Cc1cc2oc3ccccc3c2cc1N1C(C)C2(C)CCC1(C)c1ccccc12. The quantitative estimate of drug-likeness (QED) is 0.350. The van der Waals surface area contributed by atoms with Crippen LogP contribution in [0.3, 0.4) is 0 Å². The lowest BCUT2D eigenvalue weighted by molar-refractivity contribution is 0.166. The van der Waals surface area contributed by atoms with Crippen LogP contribution < -0.4 is 4.90 Å². The van der Waals surface area contributed by atoms with Crippen molar-refractivity contribution in [1.29, 1.82) is 0 Å². The Bertz CT molecular complexity index is 1280. The van der Waals surface area contributed by atoms with E-state index in [1.807, 2.05) is 6.07 Å². The maximum Gasteiger partial charge on any atom is 0.135 e. The Balaban J connectivity index is 1.63. The zero-order valence-corrected chi connectivity index (χ0v) is 17.6. The molecule has 3 aromatic carbocycles. The number of furan rings is 1. The molecule has 1 saturated heterocycles. The second kappa shape index (κ2) is 5.44. The first kappa shape index (κ1) is 17.1. The lowest BCUT2D eigenvalue weighted by Crippen LogP contribution is -2.65. The number of anilines is 1. The number of benzene rings is 3. The normalized spacial score (nSPS) is 28.3. The first-order valence-corrected chi connectivity index (χ1v) is 10.7. The van der Waals surface area contributed by atoms with Gasteiger partial charge < -0.3 is 9.32 Å². The largest absolute Gasteiger partial charge is 0.456 e. The van der Waals surface area contributed by atoms with E-state index in [1.54, 1.807) is 5.56 Å². The summed E-state index contributed by atoms with van der Waals surface area (Å²) in [4.78, 5) is 2.72. The second-order valence-electron chi connectivity index (χ2n) is 9.52. The molecule has 3 atom stereocenters. The first-order valence-electron chi connectivity index (χ1n) is 10.7. The van der Waals surface area contributed by atoms with Gasteiger partial charge >= 0.3 is 0 Å². The van der Waals surface area contributed by atoms with Crippen molar-refractivity contribution in [3.05, 3.63) is 77.4 Å². The van der Waals surface area contributed by atoms with Gasteiger partial charge in [-0.05, 0) is 68.5 Å². The molecule has 3 heterocycles. The minimum Gasteiger partial charge on any atom is -0.456 e. The van der Waals surface area contributed by atoms with Gasteiger partial charge in [-0.25, -0.2) is 0 Å².